The van der Waals surface area contributed by atoms with Crippen LogP contribution in [0.15, 0.2) is 23.1 Å². The smallest absolute Gasteiger partial charge is 0.322 e. The van der Waals surface area contributed by atoms with Gasteiger partial charge in [-0.2, -0.15) is 0 Å². The molecule has 1 unspecified atom stereocenters. The average Bonchev–Trinajstić information content (AvgIpc) is 2.38. The number of benzene rings is 1. The van der Waals surface area contributed by atoms with E-state index in [2.05, 4.69) is 0 Å². The molecule has 0 aliphatic carbocycles. The highest BCUT2D eigenvalue weighted by Crippen LogP contribution is 2.33. The van der Waals surface area contributed by atoms with E-state index >= 15 is 0 Å². The van der Waals surface area contributed by atoms with Gasteiger partial charge in [-0.05, 0) is 18.6 Å². The molecule has 0 aromatic heterocycles. The summed E-state index contributed by atoms with van der Waals surface area (Å²) < 4.78 is 35.0. The lowest BCUT2D eigenvalue weighted by Gasteiger charge is -2.19. The summed E-state index contributed by atoms with van der Waals surface area (Å²) in [5, 5.41) is 7.52. The number of ether oxygens (including phenoxy) is 2. The molecule has 7 heteroatoms. The Kier molecular flexibility index (Phi) is 3.66. The second kappa shape index (κ2) is 5.08. The zero-order chi connectivity index (χ0) is 14.0. The molecule has 0 saturated carbocycles. The first-order chi connectivity index (χ1) is 8.96. The van der Waals surface area contributed by atoms with E-state index in [0.717, 1.165) is 0 Å². The van der Waals surface area contributed by atoms with E-state index in [1.807, 2.05) is 0 Å². The number of aliphatic carboxylic acids is 1. The predicted molar refractivity (Wildman–Crippen MR) is 66.3 cm³/mol. The van der Waals surface area contributed by atoms with Crippen molar-refractivity contribution >= 4 is 15.8 Å². The number of carbonyl (C=O) groups is 1. The zero-order valence-electron chi connectivity index (χ0n) is 10.3. The molecule has 0 radical (unpaired) electrons. The Balaban J connectivity index is 2.43. The Morgan fingerprint density at radius 3 is 2.53 bits per heavy atom. The Morgan fingerprint density at radius 2 is 1.95 bits per heavy atom. The molecule has 1 atom stereocenters. The summed E-state index contributed by atoms with van der Waals surface area (Å²) in [4.78, 5) is 10.9. The second-order valence-electron chi connectivity index (χ2n) is 4.09. The SMILES string of the molecule is CCC(C(=O)O)S(=O)(=O)c1ccc2c(c1)OCCO2. The summed E-state index contributed by atoms with van der Waals surface area (Å²) in [5.41, 5.74) is 0. The molecule has 0 spiro atoms. The first kappa shape index (κ1) is 13.7. The monoisotopic (exact) mass is 286 g/mol. The highest BCUT2D eigenvalue weighted by molar-refractivity contribution is 7.92. The summed E-state index contributed by atoms with van der Waals surface area (Å²) in [6.45, 7) is 2.27. The molecule has 1 N–H and O–H groups in total. The van der Waals surface area contributed by atoms with Gasteiger partial charge in [-0.15, -0.1) is 0 Å². The number of carboxylic acid groups (broad SMARTS) is 1. The molecule has 1 aromatic rings. The van der Waals surface area contributed by atoms with E-state index in [-0.39, 0.29) is 11.3 Å². The van der Waals surface area contributed by atoms with Crippen molar-refractivity contribution in [2.45, 2.75) is 23.5 Å². The van der Waals surface area contributed by atoms with Crippen LogP contribution < -0.4 is 9.47 Å². The van der Waals surface area contributed by atoms with Crippen molar-refractivity contribution in [3.8, 4) is 11.5 Å². The molecule has 0 bridgehead atoms. The van der Waals surface area contributed by atoms with Gasteiger partial charge in [0.05, 0.1) is 4.90 Å². The molecule has 1 aliphatic rings. The minimum Gasteiger partial charge on any atom is -0.486 e. The van der Waals surface area contributed by atoms with E-state index in [4.69, 9.17) is 14.6 Å². The number of hydrogen-bond acceptors (Lipinski definition) is 5. The van der Waals surface area contributed by atoms with Crippen molar-refractivity contribution in [2.24, 2.45) is 0 Å². The van der Waals surface area contributed by atoms with Crippen LogP contribution >= 0.6 is 0 Å². The Labute approximate surface area is 110 Å². The van der Waals surface area contributed by atoms with Gasteiger partial charge in [0.25, 0.3) is 0 Å². The Morgan fingerprint density at radius 1 is 1.32 bits per heavy atom. The standard InChI is InChI=1S/C12H14O6S/c1-2-11(12(13)14)19(15,16)8-3-4-9-10(7-8)18-6-5-17-9/h3-4,7,11H,2,5-6H2,1H3,(H,13,14). The number of carboxylic acids is 1. The van der Waals surface area contributed by atoms with Crippen LogP contribution in [-0.4, -0.2) is 38.0 Å². The maximum atomic E-state index is 12.2. The molecule has 0 saturated heterocycles. The number of sulfone groups is 1. The fraction of sp³-hybridized carbons (Fsp3) is 0.417. The molecule has 6 nitrogen and oxygen atoms in total. The van der Waals surface area contributed by atoms with Crippen LogP contribution in [0.3, 0.4) is 0 Å². The molecule has 0 amide bonds. The van der Waals surface area contributed by atoms with Crippen LogP contribution in [0.1, 0.15) is 13.3 Å². The first-order valence-electron chi connectivity index (χ1n) is 5.83. The minimum absolute atomic E-state index is 0.00606. The van der Waals surface area contributed by atoms with Crippen LogP contribution in [-0.2, 0) is 14.6 Å². The van der Waals surface area contributed by atoms with Crippen LogP contribution in [0.2, 0.25) is 0 Å². The van der Waals surface area contributed by atoms with Crippen molar-refractivity contribution in [3.05, 3.63) is 18.2 Å². The van der Waals surface area contributed by atoms with Gasteiger partial charge in [-0.25, -0.2) is 8.42 Å². The third kappa shape index (κ3) is 2.51. The van der Waals surface area contributed by atoms with Gasteiger partial charge >= 0.3 is 5.97 Å². The molecular weight excluding hydrogens is 272 g/mol. The van der Waals surface area contributed by atoms with Crippen molar-refractivity contribution in [3.63, 3.8) is 0 Å². The summed E-state index contributed by atoms with van der Waals surface area (Å²) >= 11 is 0. The second-order valence-corrected chi connectivity index (χ2v) is 6.22. The summed E-state index contributed by atoms with van der Waals surface area (Å²) in [6, 6.07) is 4.14. The van der Waals surface area contributed by atoms with Crippen molar-refractivity contribution in [2.75, 3.05) is 13.2 Å². The van der Waals surface area contributed by atoms with Crippen molar-refractivity contribution in [1.29, 1.82) is 0 Å². The van der Waals surface area contributed by atoms with Gasteiger partial charge in [0.1, 0.15) is 13.2 Å². The van der Waals surface area contributed by atoms with E-state index in [9.17, 15) is 13.2 Å². The van der Waals surface area contributed by atoms with Crippen LogP contribution in [0.5, 0.6) is 11.5 Å². The molecule has 1 heterocycles. The van der Waals surface area contributed by atoms with Crippen LogP contribution in [0.4, 0.5) is 0 Å². The molecule has 0 fully saturated rings. The fourth-order valence-electron chi connectivity index (χ4n) is 1.89. The highest BCUT2D eigenvalue weighted by atomic mass is 32.2. The lowest BCUT2D eigenvalue weighted by molar-refractivity contribution is -0.136. The summed E-state index contributed by atoms with van der Waals surface area (Å²) in [6.07, 6.45) is 0.00606. The quantitative estimate of drug-likeness (QED) is 0.891. The van der Waals surface area contributed by atoms with Gasteiger partial charge < -0.3 is 14.6 Å². The molecule has 19 heavy (non-hydrogen) atoms. The van der Waals surface area contributed by atoms with Crippen LogP contribution in [0.25, 0.3) is 0 Å². The largest absolute Gasteiger partial charge is 0.486 e. The maximum Gasteiger partial charge on any atom is 0.322 e. The molecule has 104 valence electrons. The Bertz CT molecular complexity index is 592. The average molecular weight is 286 g/mol. The normalized spacial score (nSPS) is 15.8. The molecule has 1 aromatic carbocycles. The van der Waals surface area contributed by atoms with Gasteiger partial charge in [0.2, 0.25) is 0 Å². The minimum atomic E-state index is -3.92. The highest BCUT2D eigenvalue weighted by Gasteiger charge is 2.33. The first-order valence-corrected chi connectivity index (χ1v) is 7.37. The summed E-state index contributed by atoms with van der Waals surface area (Å²) in [5.74, 6) is -0.557. The lowest BCUT2D eigenvalue weighted by Crippen LogP contribution is -2.29. The van der Waals surface area contributed by atoms with Gasteiger partial charge in [-0.1, -0.05) is 6.92 Å². The topological polar surface area (TPSA) is 89.9 Å². The summed E-state index contributed by atoms with van der Waals surface area (Å²) in [7, 11) is -3.92. The van der Waals surface area contributed by atoms with Crippen molar-refractivity contribution in [1.82, 2.24) is 0 Å². The molecular formula is C12H14O6S. The van der Waals surface area contributed by atoms with Gasteiger partial charge in [0.15, 0.2) is 26.6 Å². The van der Waals surface area contributed by atoms with E-state index in [1.54, 1.807) is 0 Å². The third-order valence-electron chi connectivity index (χ3n) is 2.86. The lowest BCUT2D eigenvalue weighted by atomic mass is 10.3. The number of fused-ring (bicyclic) bond motifs is 1. The van der Waals surface area contributed by atoms with Gasteiger partial charge in [-0.3, -0.25) is 4.79 Å². The number of hydrogen-bond donors (Lipinski definition) is 1. The zero-order valence-corrected chi connectivity index (χ0v) is 11.1. The molecule has 2 rings (SSSR count). The maximum absolute atomic E-state index is 12.2. The Hall–Kier alpha value is -1.76. The van der Waals surface area contributed by atoms with Gasteiger partial charge in [0, 0.05) is 6.07 Å². The number of rotatable bonds is 4. The predicted octanol–water partition coefficient (Wildman–Crippen LogP) is 1.09. The fourth-order valence-corrected chi connectivity index (χ4v) is 3.45. The van der Waals surface area contributed by atoms with Crippen LogP contribution in [0, 0.1) is 0 Å². The van der Waals surface area contributed by atoms with E-state index < -0.39 is 21.1 Å². The molecule has 1 aliphatic heterocycles. The van der Waals surface area contributed by atoms with E-state index in [0.29, 0.717) is 24.7 Å². The van der Waals surface area contributed by atoms with Crippen molar-refractivity contribution < 1.29 is 27.8 Å². The van der Waals surface area contributed by atoms with E-state index in [1.165, 1.54) is 25.1 Å². The third-order valence-corrected chi connectivity index (χ3v) is 5.06.